The highest BCUT2D eigenvalue weighted by Crippen LogP contribution is 2.32. The van der Waals surface area contributed by atoms with Crippen LogP contribution in [0, 0.1) is 0 Å². The first-order valence-corrected chi connectivity index (χ1v) is 12.0. The van der Waals surface area contributed by atoms with Gasteiger partial charge in [-0.3, -0.25) is 4.99 Å². The minimum absolute atomic E-state index is 0.0564. The molecule has 0 radical (unpaired) electrons. The summed E-state index contributed by atoms with van der Waals surface area (Å²) < 4.78 is 29.5. The quantitative estimate of drug-likeness (QED) is 0.428. The number of benzene rings is 2. The number of pyridine rings is 2. The fraction of sp³-hybridized carbons (Fsp3) is 0.160. The Balaban J connectivity index is 1.78. The molecular weight excluding hydrogens is 436 g/mol. The van der Waals surface area contributed by atoms with Gasteiger partial charge in [-0.15, -0.1) is 0 Å². The van der Waals surface area contributed by atoms with Crippen LogP contribution < -0.4 is 10.5 Å². The highest BCUT2D eigenvalue weighted by Gasteiger charge is 2.13. The number of aromatic nitrogens is 2. The number of methoxy groups -OCH3 is 1. The molecule has 2 aromatic heterocycles. The van der Waals surface area contributed by atoms with Crippen molar-refractivity contribution in [2.45, 2.75) is 11.8 Å². The van der Waals surface area contributed by atoms with E-state index in [9.17, 15) is 8.42 Å². The smallest absolute Gasteiger partial charge is 0.222 e. The maximum absolute atomic E-state index is 12.1. The number of sulfone groups is 1. The summed E-state index contributed by atoms with van der Waals surface area (Å²) in [4.78, 5) is 13.3. The van der Waals surface area contributed by atoms with Gasteiger partial charge in [-0.25, -0.2) is 18.4 Å². The molecule has 0 bridgehead atoms. The number of nitrogen functional groups attached to an aromatic ring is 1. The molecule has 0 saturated heterocycles. The van der Waals surface area contributed by atoms with E-state index >= 15 is 0 Å². The average molecular weight is 461 g/mol. The van der Waals surface area contributed by atoms with Gasteiger partial charge in [-0.05, 0) is 47.5 Å². The van der Waals surface area contributed by atoms with E-state index in [1.54, 1.807) is 57.8 Å². The van der Waals surface area contributed by atoms with Crippen molar-refractivity contribution in [3.8, 4) is 28.1 Å². The molecular formula is C25H24N4O3S. The number of nitrogens with two attached hydrogens (primary N) is 1. The highest BCUT2D eigenvalue weighted by molar-refractivity contribution is 7.91. The minimum Gasteiger partial charge on any atom is -0.481 e. The number of rotatable bonds is 6. The molecule has 0 spiro atoms. The molecule has 0 aliphatic rings. The second-order valence-corrected chi connectivity index (χ2v) is 9.74. The van der Waals surface area contributed by atoms with E-state index in [1.807, 2.05) is 30.3 Å². The predicted molar refractivity (Wildman–Crippen MR) is 133 cm³/mol. The number of aliphatic imine (C=N–C) groups is 1. The number of nitrogens with zero attached hydrogens (tertiary/aromatic N) is 3. The molecule has 168 valence electrons. The summed E-state index contributed by atoms with van der Waals surface area (Å²) in [6.45, 7) is 1.63. The van der Waals surface area contributed by atoms with Crippen molar-refractivity contribution >= 4 is 32.8 Å². The molecule has 4 rings (SSSR count). The molecule has 2 aromatic carbocycles. The Morgan fingerprint density at radius 3 is 2.42 bits per heavy atom. The van der Waals surface area contributed by atoms with Gasteiger partial charge in [0.25, 0.3) is 0 Å². The average Bonchev–Trinajstić information content (AvgIpc) is 2.83. The van der Waals surface area contributed by atoms with E-state index in [-0.39, 0.29) is 5.75 Å². The summed E-state index contributed by atoms with van der Waals surface area (Å²) in [6.07, 6.45) is 3.46. The molecule has 0 fully saturated rings. The van der Waals surface area contributed by atoms with Gasteiger partial charge in [-0.2, -0.15) is 0 Å². The zero-order chi connectivity index (χ0) is 23.6. The van der Waals surface area contributed by atoms with Gasteiger partial charge in [-0.1, -0.05) is 25.1 Å². The van der Waals surface area contributed by atoms with Crippen LogP contribution in [0.15, 0.2) is 70.7 Å². The van der Waals surface area contributed by atoms with Crippen LogP contribution in [0.4, 0.5) is 5.82 Å². The summed E-state index contributed by atoms with van der Waals surface area (Å²) in [5.74, 6) is 0.949. The first kappa shape index (κ1) is 22.4. The zero-order valence-electron chi connectivity index (χ0n) is 18.6. The molecule has 0 atom stereocenters. The summed E-state index contributed by atoms with van der Waals surface area (Å²) >= 11 is 0. The number of ether oxygens (including phenoxy) is 1. The van der Waals surface area contributed by atoms with Crippen LogP contribution in [0.25, 0.3) is 33.2 Å². The standard InChI is InChI=1S/C25H24N4O3S/c1-4-33(30,31)21-8-5-16(6-9-21)22-13-18-11-17(7-10-23(18)29-24(22)26)19-12-20(14-27-2)25(32-3)28-15-19/h5-15H,4H2,1-3H3,(H2,26,29). The van der Waals surface area contributed by atoms with E-state index in [2.05, 4.69) is 15.0 Å². The summed E-state index contributed by atoms with van der Waals surface area (Å²) in [5, 5.41) is 0.906. The molecule has 8 heteroatoms. The van der Waals surface area contributed by atoms with Crippen LogP contribution in [-0.4, -0.2) is 44.5 Å². The van der Waals surface area contributed by atoms with Gasteiger partial charge in [0.1, 0.15) is 5.82 Å². The van der Waals surface area contributed by atoms with Gasteiger partial charge in [0.05, 0.1) is 28.8 Å². The lowest BCUT2D eigenvalue weighted by Gasteiger charge is -2.11. The Morgan fingerprint density at radius 2 is 1.76 bits per heavy atom. The Labute approximate surface area is 192 Å². The molecule has 33 heavy (non-hydrogen) atoms. The van der Waals surface area contributed by atoms with Crippen molar-refractivity contribution in [1.29, 1.82) is 0 Å². The molecule has 0 saturated carbocycles. The summed E-state index contributed by atoms with van der Waals surface area (Å²) in [5.41, 5.74) is 11.2. The minimum atomic E-state index is -3.26. The Hall–Kier alpha value is -3.78. The fourth-order valence-electron chi connectivity index (χ4n) is 3.64. The third kappa shape index (κ3) is 4.42. The van der Waals surface area contributed by atoms with Crippen molar-refractivity contribution < 1.29 is 13.2 Å². The first-order chi connectivity index (χ1) is 15.9. The SMILES string of the molecule is CCS(=O)(=O)c1ccc(-c2cc3cc(-c4cnc(OC)c(C=NC)c4)ccc3nc2N)cc1. The number of anilines is 1. The number of fused-ring (bicyclic) bond motifs is 1. The molecule has 2 heterocycles. The summed E-state index contributed by atoms with van der Waals surface area (Å²) in [7, 11) is 0.0125. The monoisotopic (exact) mass is 460 g/mol. The number of hydrogen-bond donors (Lipinski definition) is 1. The summed E-state index contributed by atoms with van der Waals surface area (Å²) in [6, 6.07) is 16.6. The Kier molecular flexibility index (Phi) is 6.11. The molecule has 0 amide bonds. The molecule has 2 N–H and O–H groups in total. The third-order valence-corrected chi connectivity index (χ3v) is 7.17. The molecule has 0 aliphatic heterocycles. The highest BCUT2D eigenvalue weighted by atomic mass is 32.2. The van der Waals surface area contributed by atoms with Gasteiger partial charge in [0, 0.05) is 36.0 Å². The second-order valence-electron chi connectivity index (χ2n) is 7.47. The van der Waals surface area contributed by atoms with Crippen molar-refractivity contribution in [1.82, 2.24) is 9.97 Å². The van der Waals surface area contributed by atoms with Crippen LogP contribution in [-0.2, 0) is 9.84 Å². The Bertz CT molecular complexity index is 1460. The van der Waals surface area contributed by atoms with E-state index in [1.165, 1.54) is 0 Å². The van der Waals surface area contributed by atoms with Gasteiger partial charge < -0.3 is 10.5 Å². The molecule has 4 aromatic rings. The first-order valence-electron chi connectivity index (χ1n) is 10.4. The van der Waals surface area contributed by atoms with Crippen LogP contribution in [0.2, 0.25) is 0 Å². The van der Waals surface area contributed by atoms with Crippen LogP contribution in [0.1, 0.15) is 12.5 Å². The van der Waals surface area contributed by atoms with Crippen LogP contribution >= 0.6 is 0 Å². The fourth-order valence-corrected chi connectivity index (χ4v) is 4.52. The van der Waals surface area contributed by atoms with Crippen LogP contribution in [0.3, 0.4) is 0 Å². The van der Waals surface area contributed by atoms with Crippen LogP contribution in [0.5, 0.6) is 5.88 Å². The molecule has 0 aliphatic carbocycles. The van der Waals surface area contributed by atoms with Crippen molar-refractivity contribution in [2.75, 3.05) is 25.6 Å². The normalized spacial score (nSPS) is 11.8. The lowest BCUT2D eigenvalue weighted by Crippen LogP contribution is -2.03. The predicted octanol–water partition coefficient (Wildman–Crippen LogP) is 4.40. The zero-order valence-corrected chi connectivity index (χ0v) is 19.4. The second kappa shape index (κ2) is 8.99. The van der Waals surface area contributed by atoms with E-state index in [0.29, 0.717) is 16.6 Å². The van der Waals surface area contributed by atoms with Crippen molar-refractivity contribution in [2.24, 2.45) is 4.99 Å². The van der Waals surface area contributed by atoms with E-state index < -0.39 is 9.84 Å². The lowest BCUT2D eigenvalue weighted by atomic mass is 10.0. The largest absolute Gasteiger partial charge is 0.481 e. The maximum atomic E-state index is 12.1. The molecule has 0 unspecified atom stereocenters. The van der Waals surface area contributed by atoms with Crippen molar-refractivity contribution in [3.63, 3.8) is 0 Å². The topological polar surface area (TPSA) is 108 Å². The van der Waals surface area contributed by atoms with Gasteiger partial charge >= 0.3 is 0 Å². The Morgan fingerprint density at radius 1 is 1.03 bits per heavy atom. The maximum Gasteiger partial charge on any atom is 0.222 e. The third-order valence-electron chi connectivity index (χ3n) is 5.42. The lowest BCUT2D eigenvalue weighted by molar-refractivity contribution is 0.397. The van der Waals surface area contributed by atoms with E-state index in [4.69, 9.17) is 10.5 Å². The van der Waals surface area contributed by atoms with Gasteiger partial charge in [0.2, 0.25) is 5.88 Å². The van der Waals surface area contributed by atoms with E-state index in [0.717, 1.165) is 38.7 Å². The molecule has 7 nitrogen and oxygen atoms in total. The van der Waals surface area contributed by atoms with Gasteiger partial charge in [0.15, 0.2) is 9.84 Å². The van der Waals surface area contributed by atoms with Crippen molar-refractivity contribution in [3.05, 3.63) is 66.4 Å². The number of hydrogen-bond acceptors (Lipinski definition) is 7.